The predicted molar refractivity (Wildman–Crippen MR) is 239 cm³/mol. The molecule has 15 nitrogen and oxygen atoms in total. The average molecular weight is 892 g/mol. The van der Waals surface area contributed by atoms with Gasteiger partial charge in [-0.3, -0.25) is 33.1 Å². The van der Waals surface area contributed by atoms with E-state index in [0.29, 0.717) is 38.3 Å². The Balaban J connectivity index is 1.54. The summed E-state index contributed by atoms with van der Waals surface area (Å²) in [7, 11) is -4.34. The van der Waals surface area contributed by atoms with Gasteiger partial charge in [0.25, 0.3) is 10.1 Å². The third-order valence-electron chi connectivity index (χ3n) is 10.6. The molecule has 1 unspecified atom stereocenters. The highest BCUT2D eigenvalue weighted by Crippen LogP contribution is 2.20. The van der Waals surface area contributed by atoms with Crippen LogP contribution in [-0.4, -0.2) is 117 Å². The Morgan fingerprint density at radius 1 is 0.714 bits per heavy atom. The molecule has 0 radical (unpaired) electrons. The van der Waals surface area contributed by atoms with E-state index >= 15 is 0 Å². The first-order chi connectivity index (χ1) is 29.8. The summed E-state index contributed by atoms with van der Waals surface area (Å²) in [5.74, 6) is -3.39. The molecule has 1 heterocycles. The number of aryl methyl sites for hydroxylation is 2. The summed E-state index contributed by atoms with van der Waals surface area (Å²) in [5, 5.41) is 22.6. The van der Waals surface area contributed by atoms with Crippen molar-refractivity contribution in [3.63, 3.8) is 0 Å². The number of nitrogens with zero attached hydrogens (tertiary/aromatic N) is 1. The quantitative estimate of drug-likeness (QED) is 0.0825. The molecule has 3 aromatic carbocycles. The lowest BCUT2D eigenvalue weighted by atomic mass is 9.90. The fraction of sp³-hybridized carbons (Fsp3) is 0.511. The molecular weight excluding hydrogens is 827 g/mol. The molecule has 16 heteroatoms. The normalized spacial score (nSPS) is 16.3. The van der Waals surface area contributed by atoms with Crippen LogP contribution < -0.4 is 21.3 Å². The smallest absolute Gasteiger partial charge is 0.297 e. The maximum Gasteiger partial charge on any atom is 0.297 e. The second kappa shape index (κ2) is 24.2. The van der Waals surface area contributed by atoms with Gasteiger partial charge in [0.05, 0.1) is 30.7 Å². The lowest BCUT2D eigenvalue weighted by molar-refractivity contribution is -0.143. The number of nitrogens with one attached hydrogen (secondary N) is 4. The van der Waals surface area contributed by atoms with Crippen LogP contribution in [0.1, 0.15) is 70.6 Å². The summed E-state index contributed by atoms with van der Waals surface area (Å²) >= 11 is 0. The fourth-order valence-corrected chi connectivity index (χ4v) is 8.11. The summed E-state index contributed by atoms with van der Waals surface area (Å²) in [4.78, 5) is 71.7. The van der Waals surface area contributed by atoms with Gasteiger partial charge in [-0.15, -0.1) is 0 Å². The number of benzene rings is 3. The predicted octanol–water partition coefficient (Wildman–Crippen LogP) is 3.26. The van der Waals surface area contributed by atoms with E-state index in [4.69, 9.17) is 8.92 Å². The van der Waals surface area contributed by atoms with Crippen LogP contribution in [0.4, 0.5) is 0 Å². The van der Waals surface area contributed by atoms with Gasteiger partial charge < -0.3 is 31.1 Å². The van der Waals surface area contributed by atoms with Crippen LogP contribution in [-0.2, 0) is 55.9 Å². The minimum atomic E-state index is -4.34. The van der Waals surface area contributed by atoms with Gasteiger partial charge in [0.15, 0.2) is 5.78 Å². The number of aliphatic hydroxyl groups is 1. The van der Waals surface area contributed by atoms with Crippen molar-refractivity contribution in [2.24, 2.45) is 11.8 Å². The third kappa shape index (κ3) is 16.9. The van der Waals surface area contributed by atoms with Crippen LogP contribution in [0.2, 0.25) is 0 Å². The largest absolute Gasteiger partial charge is 0.380 e. The fourth-order valence-electron chi connectivity index (χ4n) is 7.12. The van der Waals surface area contributed by atoms with E-state index in [1.54, 1.807) is 49.4 Å². The molecule has 0 spiro atoms. The highest BCUT2D eigenvalue weighted by atomic mass is 32.2. The van der Waals surface area contributed by atoms with Gasteiger partial charge >= 0.3 is 0 Å². The molecule has 5 atom stereocenters. The molecular formula is C47H65N5O10S. The zero-order valence-corrected chi connectivity index (χ0v) is 38.1. The van der Waals surface area contributed by atoms with Gasteiger partial charge in [-0.05, 0) is 74.6 Å². The van der Waals surface area contributed by atoms with Gasteiger partial charge in [0.2, 0.25) is 23.6 Å². The molecule has 1 saturated heterocycles. The van der Waals surface area contributed by atoms with Crippen LogP contribution >= 0.6 is 0 Å². The van der Waals surface area contributed by atoms with E-state index in [1.807, 2.05) is 62.9 Å². The lowest BCUT2D eigenvalue weighted by Crippen LogP contribution is -2.60. The van der Waals surface area contributed by atoms with Crippen LogP contribution in [0.5, 0.6) is 0 Å². The van der Waals surface area contributed by atoms with Crippen molar-refractivity contribution in [1.29, 1.82) is 0 Å². The summed E-state index contributed by atoms with van der Waals surface area (Å²) in [5.41, 5.74) is 0.151. The van der Waals surface area contributed by atoms with Crippen molar-refractivity contribution in [2.45, 2.75) is 108 Å². The number of hydrogen-bond donors (Lipinski definition) is 5. The van der Waals surface area contributed by atoms with Crippen molar-refractivity contribution >= 4 is 39.5 Å². The number of ketones is 1. The Morgan fingerprint density at radius 2 is 1.22 bits per heavy atom. The standard InChI is InChI=1S/C47H65N5O10S/c1-32(2)27-39(43(54)47(6,58)31-62-63(59,60)37-20-17-34(5)18-21-37)49-46(57)41(29-36-15-11-8-12-16-36)51-45(56)40(28-33(3)4)50-44(55)38(22-19-35-13-9-7-10-14-35)48-42(53)30-52-23-25-61-26-24-52/h7-18,20-21,32-33,38-41,58H,19,22-31H2,1-6H3,(H,48,53)(H,49,57)(H,50,55)(H,51,56)/t38-,39?,40-,41-,47+/m0/s1. The Labute approximate surface area is 372 Å². The number of ether oxygens (including phenoxy) is 1. The molecule has 4 rings (SSSR count). The molecule has 0 aliphatic carbocycles. The van der Waals surface area contributed by atoms with Gasteiger partial charge in [-0.1, -0.05) is 106 Å². The average Bonchev–Trinajstić information content (AvgIpc) is 3.24. The molecule has 3 aromatic rings. The Bertz CT molecular complexity index is 2060. The molecule has 0 bridgehead atoms. The number of carbonyl (C=O) groups excluding carboxylic acids is 5. The molecule has 63 heavy (non-hydrogen) atoms. The van der Waals surface area contributed by atoms with Crippen molar-refractivity contribution in [3.8, 4) is 0 Å². The van der Waals surface area contributed by atoms with Crippen molar-refractivity contribution in [3.05, 3.63) is 102 Å². The van der Waals surface area contributed by atoms with E-state index in [9.17, 15) is 37.5 Å². The third-order valence-corrected chi connectivity index (χ3v) is 11.9. The van der Waals surface area contributed by atoms with E-state index in [1.165, 1.54) is 12.1 Å². The van der Waals surface area contributed by atoms with E-state index in [-0.39, 0.29) is 54.9 Å². The van der Waals surface area contributed by atoms with Crippen LogP contribution in [0.15, 0.2) is 89.8 Å². The highest BCUT2D eigenvalue weighted by molar-refractivity contribution is 7.86. The Kier molecular flexibility index (Phi) is 19.4. The first kappa shape index (κ1) is 50.6. The van der Waals surface area contributed by atoms with E-state index in [2.05, 4.69) is 21.3 Å². The second-order valence-corrected chi connectivity index (χ2v) is 18.9. The highest BCUT2D eigenvalue weighted by Gasteiger charge is 2.40. The van der Waals surface area contributed by atoms with Crippen molar-refractivity contribution in [2.75, 3.05) is 39.5 Å². The monoisotopic (exact) mass is 891 g/mol. The Hall–Kier alpha value is -5.00. The minimum Gasteiger partial charge on any atom is -0.380 e. The molecule has 4 amide bonds. The van der Waals surface area contributed by atoms with Crippen molar-refractivity contribution < 1.29 is 46.4 Å². The van der Waals surface area contributed by atoms with E-state index in [0.717, 1.165) is 18.1 Å². The molecule has 344 valence electrons. The van der Waals surface area contributed by atoms with Crippen LogP contribution in [0, 0.1) is 18.8 Å². The Morgan fingerprint density at radius 3 is 1.81 bits per heavy atom. The minimum absolute atomic E-state index is 0.00887. The number of Topliss-reactive ketones (excluding diaryl/α,β-unsaturated/α-hetero) is 1. The number of amides is 4. The first-order valence-corrected chi connectivity index (χ1v) is 23.0. The molecule has 0 aromatic heterocycles. The second-order valence-electron chi connectivity index (χ2n) is 17.3. The summed E-state index contributed by atoms with van der Waals surface area (Å²) in [6.45, 7) is 11.7. The maximum absolute atomic E-state index is 14.3. The molecule has 0 saturated carbocycles. The summed E-state index contributed by atoms with van der Waals surface area (Å²) in [6.07, 6.45) is 1.03. The molecule has 1 aliphatic heterocycles. The van der Waals surface area contributed by atoms with Gasteiger partial charge in [0.1, 0.15) is 30.3 Å². The number of morpholine rings is 1. The van der Waals surface area contributed by atoms with E-state index < -0.39 is 70.0 Å². The summed E-state index contributed by atoms with van der Waals surface area (Å²) < 4.78 is 36.4. The molecule has 1 fully saturated rings. The van der Waals surface area contributed by atoms with Gasteiger partial charge in [-0.2, -0.15) is 8.42 Å². The zero-order chi connectivity index (χ0) is 46.2. The molecule has 5 N–H and O–H groups in total. The van der Waals surface area contributed by atoms with Crippen LogP contribution in [0.3, 0.4) is 0 Å². The van der Waals surface area contributed by atoms with Gasteiger partial charge in [-0.25, -0.2) is 0 Å². The maximum atomic E-state index is 14.3. The topological polar surface area (TPSA) is 210 Å². The SMILES string of the molecule is Cc1ccc(S(=O)(=O)OC[C@@](C)(O)C(=O)C(CC(C)C)NC(=O)[C@H](Cc2ccccc2)NC(=O)[C@H](CC(C)C)NC(=O)[C@H](CCc2ccccc2)NC(=O)CN2CCOCC2)cc1. The zero-order valence-electron chi connectivity index (χ0n) is 37.3. The number of hydrogen-bond acceptors (Lipinski definition) is 11. The summed E-state index contributed by atoms with van der Waals surface area (Å²) in [6, 6.07) is 19.7. The van der Waals surface area contributed by atoms with Crippen LogP contribution in [0.25, 0.3) is 0 Å². The first-order valence-electron chi connectivity index (χ1n) is 21.6. The number of carbonyl (C=O) groups is 5. The molecule has 1 aliphatic rings. The lowest BCUT2D eigenvalue weighted by Gasteiger charge is -2.30. The van der Waals surface area contributed by atoms with Gasteiger partial charge in [0, 0.05) is 19.5 Å². The van der Waals surface area contributed by atoms with Crippen molar-refractivity contribution in [1.82, 2.24) is 26.2 Å². The number of rotatable bonds is 24.